The first kappa shape index (κ1) is 19.1. The first-order valence-electron chi connectivity index (χ1n) is 9.37. The molecule has 0 spiro atoms. The standard InChI is InChI=1S/C22H22N4O2S/c1-13(2)23-18-11-19(29-21(18)22(27)28-4)16-7-5-15(6-8-16)17-12-20-24-14(3)9-10-26(20)25-17/h5-13,23H,1-4H3. The Morgan fingerprint density at radius 2 is 1.86 bits per heavy atom. The highest BCUT2D eigenvalue weighted by Crippen LogP contribution is 2.36. The predicted octanol–water partition coefficient (Wildman–Crippen LogP) is 5.04. The maximum absolute atomic E-state index is 12.1. The molecule has 3 aromatic heterocycles. The second kappa shape index (κ2) is 7.67. The molecule has 0 aliphatic carbocycles. The van der Waals surface area contributed by atoms with Crippen molar-refractivity contribution in [3.8, 4) is 21.7 Å². The molecule has 3 heterocycles. The molecule has 148 valence electrons. The monoisotopic (exact) mass is 406 g/mol. The van der Waals surface area contributed by atoms with Crippen LogP contribution in [-0.2, 0) is 4.74 Å². The lowest BCUT2D eigenvalue weighted by Crippen LogP contribution is -2.12. The highest BCUT2D eigenvalue weighted by Gasteiger charge is 2.18. The minimum atomic E-state index is -0.325. The van der Waals surface area contributed by atoms with Gasteiger partial charge in [-0.3, -0.25) is 0 Å². The number of nitrogens with one attached hydrogen (secondary N) is 1. The summed E-state index contributed by atoms with van der Waals surface area (Å²) in [5, 5.41) is 7.92. The molecule has 1 N–H and O–H groups in total. The van der Waals surface area contributed by atoms with Crippen molar-refractivity contribution in [2.24, 2.45) is 0 Å². The summed E-state index contributed by atoms with van der Waals surface area (Å²) in [6.07, 6.45) is 1.92. The maximum atomic E-state index is 12.1. The lowest BCUT2D eigenvalue weighted by Gasteiger charge is -2.09. The molecule has 0 amide bonds. The van der Waals surface area contributed by atoms with E-state index in [-0.39, 0.29) is 12.0 Å². The van der Waals surface area contributed by atoms with Crippen molar-refractivity contribution in [2.75, 3.05) is 12.4 Å². The van der Waals surface area contributed by atoms with Crippen LogP contribution in [-0.4, -0.2) is 33.7 Å². The van der Waals surface area contributed by atoms with Crippen LogP contribution >= 0.6 is 11.3 Å². The van der Waals surface area contributed by atoms with Crippen molar-refractivity contribution >= 4 is 28.6 Å². The van der Waals surface area contributed by atoms with Crippen molar-refractivity contribution in [2.45, 2.75) is 26.8 Å². The third kappa shape index (κ3) is 3.86. The summed E-state index contributed by atoms with van der Waals surface area (Å²) in [4.78, 5) is 18.2. The minimum Gasteiger partial charge on any atom is -0.465 e. The molecule has 7 heteroatoms. The Morgan fingerprint density at radius 1 is 1.14 bits per heavy atom. The number of hydrogen-bond acceptors (Lipinski definition) is 6. The molecule has 0 bridgehead atoms. The lowest BCUT2D eigenvalue weighted by atomic mass is 10.1. The number of fused-ring (bicyclic) bond motifs is 1. The normalized spacial score (nSPS) is 11.2. The third-order valence-corrected chi connectivity index (χ3v) is 5.64. The summed E-state index contributed by atoms with van der Waals surface area (Å²) in [5.41, 5.74) is 5.52. The summed E-state index contributed by atoms with van der Waals surface area (Å²) in [6.45, 7) is 6.05. The van der Waals surface area contributed by atoms with E-state index in [1.165, 1.54) is 18.4 Å². The SMILES string of the molecule is COC(=O)c1sc(-c2ccc(-c3cc4nc(C)ccn4n3)cc2)cc1NC(C)C. The molecule has 29 heavy (non-hydrogen) atoms. The second-order valence-corrected chi connectivity index (χ2v) is 8.17. The Labute approximate surface area is 173 Å². The largest absolute Gasteiger partial charge is 0.465 e. The third-order valence-electron chi connectivity index (χ3n) is 4.48. The van der Waals surface area contributed by atoms with Crippen LogP contribution in [0.1, 0.15) is 29.2 Å². The van der Waals surface area contributed by atoms with E-state index in [2.05, 4.69) is 15.4 Å². The molecule has 0 radical (unpaired) electrons. The molecule has 0 atom stereocenters. The second-order valence-electron chi connectivity index (χ2n) is 7.12. The summed E-state index contributed by atoms with van der Waals surface area (Å²) < 4.78 is 6.72. The Hall–Kier alpha value is -3.19. The summed E-state index contributed by atoms with van der Waals surface area (Å²) in [6, 6.07) is 14.3. The number of carbonyl (C=O) groups excluding carboxylic acids is 1. The molecular formula is C22H22N4O2S. The Morgan fingerprint density at radius 3 is 2.55 bits per heavy atom. The van der Waals surface area contributed by atoms with Crippen LogP contribution in [0.3, 0.4) is 0 Å². The fraction of sp³-hybridized carbons (Fsp3) is 0.227. The predicted molar refractivity (Wildman–Crippen MR) is 117 cm³/mol. The van der Waals surface area contributed by atoms with Gasteiger partial charge in [0.25, 0.3) is 0 Å². The van der Waals surface area contributed by atoms with Crippen molar-refractivity contribution in [3.63, 3.8) is 0 Å². The topological polar surface area (TPSA) is 68.5 Å². The fourth-order valence-electron chi connectivity index (χ4n) is 3.12. The number of aryl methyl sites for hydroxylation is 1. The van der Waals surface area contributed by atoms with Crippen molar-refractivity contribution in [1.29, 1.82) is 0 Å². The number of carbonyl (C=O) groups is 1. The minimum absolute atomic E-state index is 0.218. The highest BCUT2D eigenvalue weighted by atomic mass is 32.1. The van der Waals surface area contributed by atoms with Gasteiger partial charge in [-0.2, -0.15) is 5.10 Å². The first-order chi connectivity index (χ1) is 13.9. The Bertz CT molecular complexity index is 1180. The average Bonchev–Trinajstić information content (AvgIpc) is 3.31. The number of benzene rings is 1. The molecule has 6 nitrogen and oxygen atoms in total. The zero-order valence-corrected chi connectivity index (χ0v) is 17.6. The van der Waals surface area contributed by atoms with E-state index < -0.39 is 0 Å². The van der Waals surface area contributed by atoms with Gasteiger partial charge in [0.15, 0.2) is 5.65 Å². The van der Waals surface area contributed by atoms with Crippen LogP contribution in [0.4, 0.5) is 5.69 Å². The molecule has 4 rings (SSSR count). The van der Waals surface area contributed by atoms with Gasteiger partial charge in [0, 0.05) is 34.4 Å². The molecule has 0 saturated heterocycles. The summed E-state index contributed by atoms with van der Waals surface area (Å²) >= 11 is 1.43. The van der Waals surface area contributed by atoms with E-state index in [0.29, 0.717) is 4.88 Å². The van der Waals surface area contributed by atoms with Crippen LogP contribution in [0.25, 0.3) is 27.3 Å². The number of methoxy groups -OCH3 is 1. The molecule has 1 aromatic carbocycles. The van der Waals surface area contributed by atoms with E-state index >= 15 is 0 Å². The summed E-state index contributed by atoms with van der Waals surface area (Å²) in [5.74, 6) is -0.325. The highest BCUT2D eigenvalue weighted by molar-refractivity contribution is 7.18. The fourth-order valence-corrected chi connectivity index (χ4v) is 4.16. The Balaban J connectivity index is 1.66. The van der Waals surface area contributed by atoms with Gasteiger partial charge < -0.3 is 10.1 Å². The van der Waals surface area contributed by atoms with Crippen molar-refractivity contribution < 1.29 is 9.53 Å². The van der Waals surface area contributed by atoms with Gasteiger partial charge in [-0.25, -0.2) is 14.3 Å². The molecule has 0 aliphatic heterocycles. The number of rotatable bonds is 5. The van der Waals surface area contributed by atoms with Crippen LogP contribution in [0.5, 0.6) is 0 Å². The Kier molecular flexibility index (Phi) is 5.07. The van der Waals surface area contributed by atoms with E-state index in [9.17, 15) is 4.79 Å². The van der Waals surface area contributed by atoms with Crippen LogP contribution in [0.15, 0.2) is 48.7 Å². The molecular weight excluding hydrogens is 384 g/mol. The van der Waals surface area contributed by atoms with Crippen molar-refractivity contribution in [1.82, 2.24) is 14.6 Å². The summed E-state index contributed by atoms with van der Waals surface area (Å²) in [7, 11) is 1.40. The van der Waals surface area contributed by atoms with Gasteiger partial charge >= 0.3 is 5.97 Å². The number of thiophene rings is 1. The number of esters is 1. The lowest BCUT2D eigenvalue weighted by molar-refractivity contribution is 0.0607. The van der Waals surface area contributed by atoms with E-state index in [0.717, 1.165) is 38.7 Å². The van der Waals surface area contributed by atoms with Gasteiger partial charge in [0.05, 0.1) is 18.5 Å². The first-order valence-corrected chi connectivity index (χ1v) is 10.2. The number of ether oxygens (including phenoxy) is 1. The molecule has 4 aromatic rings. The number of aromatic nitrogens is 3. The van der Waals surface area contributed by atoms with Gasteiger partial charge in [-0.1, -0.05) is 24.3 Å². The zero-order chi connectivity index (χ0) is 20.5. The smallest absolute Gasteiger partial charge is 0.350 e. The molecule has 0 saturated carbocycles. The number of hydrogen-bond donors (Lipinski definition) is 1. The van der Waals surface area contributed by atoms with Gasteiger partial charge in [0.1, 0.15) is 4.88 Å². The molecule has 0 fully saturated rings. The van der Waals surface area contributed by atoms with Crippen LogP contribution in [0.2, 0.25) is 0 Å². The van der Waals surface area contributed by atoms with Gasteiger partial charge in [-0.05, 0) is 38.5 Å². The van der Waals surface area contributed by atoms with Gasteiger partial charge in [0.2, 0.25) is 0 Å². The van der Waals surface area contributed by atoms with Crippen LogP contribution < -0.4 is 5.32 Å². The van der Waals surface area contributed by atoms with Gasteiger partial charge in [-0.15, -0.1) is 11.3 Å². The number of nitrogens with zero attached hydrogens (tertiary/aromatic N) is 3. The maximum Gasteiger partial charge on any atom is 0.350 e. The molecule has 0 unspecified atom stereocenters. The quantitative estimate of drug-likeness (QED) is 0.470. The van der Waals surface area contributed by atoms with Crippen LogP contribution in [0, 0.1) is 6.92 Å². The van der Waals surface area contributed by atoms with Crippen molar-refractivity contribution in [3.05, 3.63) is 59.2 Å². The zero-order valence-electron chi connectivity index (χ0n) is 16.8. The van der Waals surface area contributed by atoms with E-state index in [1.807, 2.05) is 69.4 Å². The van der Waals surface area contributed by atoms with E-state index in [4.69, 9.17) is 4.74 Å². The molecule has 0 aliphatic rings. The number of anilines is 1. The average molecular weight is 407 g/mol. The van der Waals surface area contributed by atoms with E-state index in [1.54, 1.807) is 4.52 Å².